The van der Waals surface area contributed by atoms with Crippen LogP contribution >= 0.6 is 11.3 Å². The van der Waals surface area contributed by atoms with Crippen molar-refractivity contribution in [3.63, 3.8) is 0 Å². The molecule has 1 unspecified atom stereocenters. The summed E-state index contributed by atoms with van der Waals surface area (Å²) in [5, 5.41) is 5.02. The number of hydrogen-bond acceptors (Lipinski definition) is 5. The first-order chi connectivity index (χ1) is 23.3. The summed E-state index contributed by atoms with van der Waals surface area (Å²) in [5.74, 6) is -0.835. The van der Waals surface area contributed by atoms with Crippen molar-refractivity contribution in [3.8, 4) is 11.1 Å². The van der Waals surface area contributed by atoms with Crippen LogP contribution in [-0.4, -0.2) is 60.2 Å². The first kappa shape index (κ1) is 34.3. The van der Waals surface area contributed by atoms with Crippen LogP contribution in [0.25, 0.3) is 11.1 Å². The van der Waals surface area contributed by atoms with E-state index in [1.165, 1.54) is 9.80 Å². The molecule has 5 rings (SSSR count). The minimum absolute atomic E-state index is 0.231. The van der Waals surface area contributed by atoms with Crippen molar-refractivity contribution in [1.82, 2.24) is 15.1 Å². The van der Waals surface area contributed by atoms with Gasteiger partial charge < -0.3 is 20.9 Å². The monoisotopic (exact) mass is 658 g/mol. The van der Waals surface area contributed by atoms with Gasteiger partial charge >= 0.3 is 0 Å². The molecule has 0 radical (unpaired) electrons. The van der Waals surface area contributed by atoms with E-state index in [2.05, 4.69) is 17.4 Å². The molecule has 8 heteroatoms. The maximum atomic E-state index is 14.5. The van der Waals surface area contributed by atoms with Crippen LogP contribution in [0.3, 0.4) is 0 Å². The van der Waals surface area contributed by atoms with Crippen LogP contribution in [-0.2, 0) is 35.4 Å². The molecule has 0 bridgehead atoms. The zero-order chi connectivity index (χ0) is 33.9. The van der Waals surface area contributed by atoms with Gasteiger partial charge in [-0.15, -0.1) is 11.3 Å². The molecule has 0 spiro atoms. The quantitative estimate of drug-likeness (QED) is 0.153. The van der Waals surface area contributed by atoms with Crippen LogP contribution in [0.15, 0.2) is 127 Å². The van der Waals surface area contributed by atoms with E-state index in [9.17, 15) is 14.4 Å². The number of carbonyl (C=O) groups excluding carboxylic acids is 3. The predicted octanol–water partition coefficient (Wildman–Crippen LogP) is 5.99. The molecule has 0 saturated heterocycles. The predicted molar refractivity (Wildman–Crippen MR) is 194 cm³/mol. The lowest BCUT2D eigenvalue weighted by molar-refractivity contribution is -0.142. The second-order valence-electron chi connectivity index (χ2n) is 11.9. The van der Waals surface area contributed by atoms with Gasteiger partial charge in [-0.05, 0) is 57.8 Å². The second kappa shape index (κ2) is 16.7. The van der Waals surface area contributed by atoms with E-state index in [1.807, 2.05) is 96.4 Å². The molecule has 3 amide bonds. The van der Waals surface area contributed by atoms with Crippen LogP contribution in [0, 0.1) is 0 Å². The van der Waals surface area contributed by atoms with Gasteiger partial charge in [0.15, 0.2) is 0 Å². The molecule has 0 saturated carbocycles. The minimum atomic E-state index is -0.866. The third-order valence-corrected chi connectivity index (χ3v) is 9.52. The molecule has 0 fully saturated rings. The molecule has 1 aromatic heterocycles. The number of nitrogens with two attached hydrogens (primary N) is 1. The van der Waals surface area contributed by atoms with Crippen molar-refractivity contribution in [1.29, 1.82) is 0 Å². The number of thiophene rings is 1. The van der Waals surface area contributed by atoms with Crippen molar-refractivity contribution in [2.75, 3.05) is 20.6 Å². The largest absolute Gasteiger partial charge is 0.354 e. The van der Waals surface area contributed by atoms with Crippen LogP contribution in [0.5, 0.6) is 0 Å². The number of nitrogens with one attached hydrogen (secondary N) is 1. The van der Waals surface area contributed by atoms with Gasteiger partial charge in [-0.25, -0.2) is 0 Å². The third kappa shape index (κ3) is 8.85. The summed E-state index contributed by atoms with van der Waals surface area (Å²) < 4.78 is 0. The molecule has 7 nitrogen and oxygen atoms in total. The molecule has 4 aromatic carbocycles. The van der Waals surface area contributed by atoms with E-state index >= 15 is 0 Å². The second-order valence-corrected chi connectivity index (χ2v) is 12.9. The van der Waals surface area contributed by atoms with Gasteiger partial charge in [-0.3, -0.25) is 14.4 Å². The molecule has 5 aromatic rings. The Morgan fingerprint density at radius 3 is 2.02 bits per heavy atom. The Morgan fingerprint density at radius 2 is 1.35 bits per heavy atom. The minimum Gasteiger partial charge on any atom is -0.354 e. The first-order valence-electron chi connectivity index (χ1n) is 16.1. The van der Waals surface area contributed by atoms with E-state index in [1.54, 1.807) is 43.6 Å². The van der Waals surface area contributed by atoms with Gasteiger partial charge in [0, 0.05) is 50.5 Å². The van der Waals surface area contributed by atoms with Crippen molar-refractivity contribution >= 4 is 29.1 Å². The number of amides is 3. The van der Waals surface area contributed by atoms with E-state index < -0.39 is 12.1 Å². The van der Waals surface area contributed by atoms with Crippen LogP contribution < -0.4 is 11.1 Å². The molecule has 3 N–H and O–H groups in total. The van der Waals surface area contributed by atoms with E-state index in [0.29, 0.717) is 31.5 Å². The molecule has 48 heavy (non-hydrogen) atoms. The SMILES string of the molecule is CN(C(=O)[C@@H](Cc1ccc(-c2ccccc2)cc1)N(C)C(=O)c1cccc(CN)c1)C(Cc1cccs1)C(=O)NCCc1ccccc1. The number of nitrogens with zero attached hydrogens (tertiary/aromatic N) is 2. The van der Waals surface area contributed by atoms with Crippen LogP contribution in [0.2, 0.25) is 0 Å². The fraction of sp³-hybridized carbons (Fsp3) is 0.225. The van der Waals surface area contributed by atoms with Crippen LogP contribution in [0.4, 0.5) is 0 Å². The van der Waals surface area contributed by atoms with E-state index in [0.717, 1.165) is 32.7 Å². The Labute approximate surface area is 287 Å². The zero-order valence-electron chi connectivity index (χ0n) is 27.4. The molecular weight excluding hydrogens is 617 g/mol. The van der Waals surface area contributed by atoms with Gasteiger partial charge in [-0.1, -0.05) is 103 Å². The van der Waals surface area contributed by atoms with Crippen molar-refractivity contribution in [3.05, 3.63) is 154 Å². The normalized spacial score (nSPS) is 12.1. The highest BCUT2D eigenvalue weighted by Gasteiger charge is 2.35. The maximum absolute atomic E-state index is 14.5. The Hall–Kier alpha value is -5.05. The molecule has 0 aliphatic carbocycles. The summed E-state index contributed by atoms with van der Waals surface area (Å²) in [6.07, 6.45) is 1.32. The van der Waals surface area contributed by atoms with Crippen molar-refractivity contribution in [2.24, 2.45) is 5.73 Å². The smallest absolute Gasteiger partial charge is 0.254 e. The number of hydrogen-bond donors (Lipinski definition) is 2. The first-order valence-corrected chi connectivity index (χ1v) is 17.0. The summed E-state index contributed by atoms with van der Waals surface area (Å²) in [7, 11) is 3.32. The number of likely N-dealkylation sites (N-methyl/N-ethyl adjacent to an activating group) is 2. The molecule has 2 atom stereocenters. The Balaban J connectivity index is 1.41. The average Bonchev–Trinajstić information content (AvgIpc) is 3.66. The topological polar surface area (TPSA) is 95.7 Å². The summed E-state index contributed by atoms with van der Waals surface area (Å²) in [4.78, 5) is 46.2. The lowest BCUT2D eigenvalue weighted by atomic mass is 9.98. The van der Waals surface area contributed by atoms with Gasteiger partial charge in [-0.2, -0.15) is 0 Å². The van der Waals surface area contributed by atoms with Gasteiger partial charge in [0.1, 0.15) is 12.1 Å². The molecule has 246 valence electrons. The lowest BCUT2D eigenvalue weighted by Gasteiger charge is -2.34. The number of rotatable bonds is 14. The van der Waals surface area contributed by atoms with E-state index in [4.69, 9.17) is 5.73 Å². The number of benzene rings is 4. The highest BCUT2D eigenvalue weighted by Crippen LogP contribution is 2.23. The fourth-order valence-electron chi connectivity index (χ4n) is 5.76. The fourth-order valence-corrected chi connectivity index (χ4v) is 6.50. The lowest BCUT2D eigenvalue weighted by Crippen LogP contribution is -2.56. The summed E-state index contributed by atoms with van der Waals surface area (Å²) in [6.45, 7) is 0.742. The molecule has 0 aliphatic heterocycles. The van der Waals surface area contributed by atoms with Gasteiger partial charge in [0.25, 0.3) is 5.91 Å². The average molecular weight is 659 g/mol. The molecule has 1 heterocycles. The Morgan fingerprint density at radius 1 is 0.688 bits per heavy atom. The third-order valence-electron chi connectivity index (χ3n) is 8.62. The highest BCUT2D eigenvalue weighted by atomic mass is 32.1. The highest BCUT2D eigenvalue weighted by molar-refractivity contribution is 7.09. The molecular formula is C40H42N4O3S. The van der Waals surface area contributed by atoms with Crippen molar-refractivity contribution < 1.29 is 14.4 Å². The van der Waals surface area contributed by atoms with E-state index in [-0.39, 0.29) is 24.1 Å². The standard InChI is InChI=1S/C40H42N4O3S/c1-43(36(27-35-17-10-24-48-35)38(45)42-23-22-29-11-5-3-6-12-29)40(47)37(44(2)39(46)34-16-9-13-31(25-34)28-41)26-30-18-20-33(21-19-30)32-14-7-4-8-15-32/h3-21,24-25,36-37H,22-23,26-28,41H2,1-2H3,(H,42,45)/t36?,37-/m1/s1. The zero-order valence-corrected chi connectivity index (χ0v) is 28.2. The summed E-state index contributed by atoms with van der Waals surface area (Å²) in [5.41, 5.74) is 11.3. The Bertz CT molecular complexity index is 1780. The van der Waals surface area contributed by atoms with Crippen molar-refractivity contribution in [2.45, 2.75) is 37.9 Å². The van der Waals surface area contributed by atoms with Gasteiger partial charge in [0.2, 0.25) is 11.8 Å². The van der Waals surface area contributed by atoms with Crippen LogP contribution in [0.1, 0.15) is 31.9 Å². The van der Waals surface area contributed by atoms with Gasteiger partial charge in [0.05, 0.1) is 0 Å². The number of carbonyl (C=O) groups is 3. The molecule has 0 aliphatic rings. The maximum Gasteiger partial charge on any atom is 0.254 e. The summed E-state index contributed by atoms with van der Waals surface area (Å²) in [6, 6.07) is 37.5. The Kier molecular flexibility index (Phi) is 11.9. The summed E-state index contributed by atoms with van der Waals surface area (Å²) >= 11 is 1.55.